The fourth-order valence-electron chi connectivity index (χ4n) is 3.20. The fraction of sp³-hybridized carbons (Fsp3) is 0.273. The molecule has 0 aromatic heterocycles. The molecule has 1 aliphatic rings. The van der Waals surface area contributed by atoms with Gasteiger partial charge in [-0.15, -0.1) is 0 Å². The number of nitriles is 1. The second-order valence-corrected chi connectivity index (χ2v) is 8.84. The first kappa shape index (κ1) is 20.8. The van der Waals surface area contributed by atoms with E-state index in [1.807, 2.05) is 6.07 Å². The third kappa shape index (κ3) is 5.53. The highest BCUT2D eigenvalue weighted by Gasteiger charge is 2.24. The van der Waals surface area contributed by atoms with Crippen LogP contribution in [-0.4, -0.2) is 31.7 Å². The standard InChI is InChI=1S/C22H23N3O3S/c23-17-19-6-5-7-20(16-19)24-22(26)13-10-18-8-11-21(12-9-18)29(27,28)25-14-3-1-2-4-15-25/h5-13,16H,1-4,14-15H2,(H,24,26)/b13-10+. The molecule has 29 heavy (non-hydrogen) atoms. The van der Waals surface area contributed by atoms with Crippen LogP contribution in [0.4, 0.5) is 5.69 Å². The molecule has 0 aliphatic carbocycles. The average molecular weight is 410 g/mol. The van der Waals surface area contributed by atoms with Crippen molar-refractivity contribution in [3.05, 3.63) is 65.7 Å². The van der Waals surface area contributed by atoms with E-state index in [2.05, 4.69) is 5.32 Å². The number of hydrogen-bond donors (Lipinski definition) is 1. The zero-order chi connectivity index (χ0) is 20.7. The molecule has 1 N–H and O–H groups in total. The highest BCUT2D eigenvalue weighted by atomic mass is 32.2. The lowest BCUT2D eigenvalue weighted by Gasteiger charge is -2.19. The van der Waals surface area contributed by atoms with Crippen molar-refractivity contribution in [3.63, 3.8) is 0 Å². The lowest BCUT2D eigenvalue weighted by Crippen LogP contribution is -2.31. The van der Waals surface area contributed by atoms with Crippen LogP contribution in [0.3, 0.4) is 0 Å². The van der Waals surface area contributed by atoms with Crippen LogP contribution < -0.4 is 5.32 Å². The average Bonchev–Trinajstić information content (AvgIpc) is 3.03. The Morgan fingerprint density at radius 1 is 1.03 bits per heavy atom. The minimum Gasteiger partial charge on any atom is -0.322 e. The number of amides is 1. The van der Waals surface area contributed by atoms with Gasteiger partial charge in [0.05, 0.1) is 16.5 Å². The van der Waals surface area contributed by atoms with Crippen molar-refractivity contribution in [3.8, 4) is 6.07 Å². The Morgan fingerprint density at radius 2 is 1.72 bits per heavy atom. The van der Waals surface area contributed by atoms with Crippen LogP contribution >= 0.6 is 0 Å². The summed E-state index contributed by atoms with van der Waals surface area (Å²) in [5, 5.41) is 11.6. The van der Waals surface area contributed by atoms with Gasteiger partial charge in [-0.2, -0.15) is 9.57 Å². The molecule has 0 bridgehead atoms. The number of carbonyl (C=O) groups excluding carboxylic acids is 1. The van der Waals surface area contributed by atoms with Crippen molar-refractivity contribution in [1.29, 1.82) is 5.26 Å². The molecule has 3 rings (SSSR count). The van der Waals surface area contributed by atoms with Gasteiger partial charge in [0.2, 0.25) is 15.9 Å². The maximum absolute atomic E-state index is 12.8. The van der Waals surface area contributed by atoms with Gasteiger partial charge in [-0.05, 0) is 54.8 Å². The van der Waals surface area contributed by atoms with E-state index in [-0.39, 0.29) is 10.8 Å². The van der Waals surface area contributed by atoms with Gasteiger partial charge in [0.15, 0.2) is 0 Å². The number of anilines is 1. The molecule has 2 aromatic carbocycles. The molecular formula is C22H23N3O3S. The van der Waals surface area contributed by atoms with Crippen molar-refractivity contribution in [2.24, 2.45) is 0 Å². The molecule has 0 spiro atoms. The van der Waals surface area contributed by atoms with E-state index in [9.17, 15) is 13.2 Å². The summed E-state index contributed by atoms with van der Waals surface area (Å²) in [5.74, 6) is -0.332. The summed E-state index contributed by atoms with van der Waals surface area (Å²) in [6.07, 6.45) is 6.92. The molecule has 1 amide bonds. The Bertz CT molecular complexity index is 1030. The van der Waals surface area contributed by atoms with E-state index in [0.29, 0.717) is 24.3 Å². The minimum atomic E-state index is -3.48. The molecule has 1 aliphatic heterocycles. The van der Waals surface area contributed by atoms with Crippen LogP contribution in [0, 0.1) is 11.3 Å². The molecule has 7 heteroatoms. The number of nitrogens with one attached hydrogen (secondary N) is 1. The quantitative estimate of drug-likeness (QED) is 0.761. The Labute approximate surface area is 171 Å². The van der Waals surface area contributed by atoms with Gasteiger partial charge in [0.25, 0.3) is 0 Å². The maximum atomic E-state index is 12.8. The molecule has 0 unspecified atom stereocenters. The lowest BCUT2D eigenvalue weighted by atomic mass is 10.2. The number of benzene rings is 2. The normalized spacial score (nSPS) is 15.6. The summed E-state index contributed by atoms with van der Waals surface area (Å²) in [6.45, 7) is 1.13. The molecule has 1 heterocycles. The molecule has 0 saturated carbocycles. The molecular weight excluding hydrogens is 386 g/mol. The number of carbonyl (C=O) groups is 1. The second kappa shape index (κ2) is 9.50. The predicted octanol–water partition coefficient (Wildman–Crippen LogP) is 3.77. The molecule has 2 aromatic rings. The van der Waals surface area contributed by atoms with E-state index in [0.717, 1.165) is 31.2 Å². The first-order chi connectivity index (χ1) is 14.0. The van der Waals surface area contributed by atoms with Crippen LogP contribution in [0.5, 0.6) is 0 Å². The predicted molar refractivity (Wildman–Crippen MR) is 112 cm³/mol. The van der Waals surface area contributed by atoms with E-state index in [4.69, 9.17) is 5.26 Å². The van der Waals surface area contributed by atoms with Gasteiger partial charge >= 0.3 is 0 Å². The Balaban J connectivity index is 1.65. The van der Waals surface area contributed by atoms with Crippen LogP contribution in [0.15, 0.2) is 59.5 Å². The van der Waals surface area contributed by atoms with Crippen LogP contribution in [0.2, 0.25) is 0 Å². The smallest absolute Gasteiger partial charge is 0.248 e. The van der Waals surface area contributed by atoms with Crippen molar-refractivity contribution >= 4 is 27.7 Å². The third-order valence-electron chi connectivity index (χ3n) is 4.77. The summed E-state index contributed by atoms with van der Waals surface area (Å²) in [7, 11) is -3.48. The second-order valence-electron chi connectivity index (χ2n) is 6.90. The first-order valence-electron chi connectivity index (χ1n) is 9.58. The number of sulfonamides is 1. The van der Waals surface area contributed by atoms with E-state index in [1.54, 1.807) is 58.9 Å². The zero-order valence-electron chi connectivity index (χ0n) is 16.0. The zero-order valence-corrected chi connectivity index (χ0v) is 16.9. The minimum absolute atomic E-state index is 0.273. The molecule has 150 valence electrons. The molecule has 0 radical (unpaired) electrons. The van der Waals surface area contributed by atoms with Crippen molar-refractivity contribution < 1.29 is 13.2 Å². The van der Waals surface area contributed by atoms with Gasteiger partial charge in [0, 0.05) is 24.9 Å². The lowest BCUT2D eigenvalue weighted by molar-refractivity contribution is -0.111. The Hall–Kier alpha value is -2.95. The van der Waals surface area contributed by atoms with Crippen molar-refractivity contribution in [2.75, 3.05) is 18.4 Å². The fourth-order valence-corrected chi connectivity index (χ4v) is 4.72. The summed E-state index contributed by atoms with van der Waals surface area (Å²) >= 11 is 0. The molecule has 1 saturated heterocycles. The van der Waals surface area contributed by atoms with Crippen molar-refractivity contribution in [1.82, 2.24) is 4.31 Å². The maximum Gasteiger partial charge on any atom is 0.248 e. The Kier molecular flexibility index (Phi) is 6.81. The van der Waals surface area contributed by atoms with Gasteiger partial charge in [-0.1, -0.05) is 31.0 Å². The number of nitrogens with zero attached hydrogens (tertiary/aromatic N) is 2. The molecule has 6 nitrogen and oxygen atoms in total. The topological polar surface area (TPSA) is 90.3 Å². The summed E-state index contributed by atoms with van der Waals surface area (Å²) in [4.78, 5) is 12.3. The van der Waals surface area contributed by atoms with Gasteiger partial charge in [0.1, 0.15) is 0 Å². The summed E-state index contributed by atoms with van der Waals surface area (Å²) < 4.78 is 27.2. The SMILES string of the molecule is N#Cc1cccc(NC(=O)/C=C/c2ccc(S(=O)(=O)N3CCCCCC3)cc2)c1. The van der Waals surface area contributed by atoms with E-state index < -0.39 is 10.0 Å². The monoisotopic (exact) mass is 409 g/mol. The highest BCUT2D eigenvalue weighted by molar-refractivity contribution is 7.89. The summed E-state index contributed by atoms with van der Waals surface area (Å²) in [6, 6.07) is 15.2. The van der Waals surface area contributed by atoms with Crippen LogP contribution in [-0.2, 0) is 14.8 Å². The number of hydrogen-bond acceptors (Lipinski definition) is 4. The first-order valence-corrected chi connectivity index (χ1v) is 11.0. The van der Waals surface area contributed by atoms with Crippen molar-refractivity contribution in [2.45, 2.75) is 30.6 Å². The molecule has 1 fully saturated rings. The van der Waals surface area contributed by atoms with E-state index >= 15 is 0 Å². The number of rotatable bonds is 5. The molecule has 0 atom stereocenters. The van der Waals surface area contributed by atoms with Gasteiger partial charge in [-0.3, -0.25) is 4.79 Å². The summed E-state index contributed by atoms with van der Waals surface area (Å²) in [5.41, 5.74) is 1.73. The largest absolute Gasteiger partial charge is 0.322 e. The van der Waals surface area contributed by atoms with Gasteiger partial charge in [-0.25, -0.2) is 8.42 Å². The van der Waals surface area contributed by atoms with Gasteiger partial charge < -0.3 is 5.32 Å². The Morgan fingerprint density at radius 3 is 2.38 bits per heavy atom. The third-order valence-corrected chi connectivity index (χ3v) is 6.68. The van der Waals surface area contributed by atoms with Crippen LogP contribution in [0.25, 0.3) is 6.08 Å². The van der Waals surface area contributed by atoms with Crippen LogP contribution in [0.1, 0.15) is 36.8 Å². The highest BCUT2D eigenvalue weighted by Crippen LogP contribution is 2.21. The van der Waals surface area contributed by atoms with E-state index in [1.165, 1.54) is 6.08 Å².